The minimum absolute atomic E-state index is 0.0148. The lowest BCUT2D eigenvalue weighted by Gasteiger charge is -2.23. The zero-order valence-electron chi connectivity index (χ0n) is 15.1. The highest BCUT2D eigenvalue weighted by Crippen LogP contribution is 2.22. The van der Waals surface area contributed by atoms with Gasteiger partial charge in [0.2, 0.25) is 5.91 Å². The Hall–Kier alpha value is -2.61. The first kappa shape index (κ1) is 18.2. The van der Waals surface area contributed by atoms with Crippen LogP contribution >= 0.6 is 0 Å². The van der Waals surface area contributed by atoms with Crippen molar-refractivity contribution in [3.05, 3.63) is 41.0 Å². The third-order valence-corrected chi connectivity index (χ3v) is 4.29. The summed E-state index contributed by atoms with van der Waals surface area (Å²) in [6, 6.07) is 3.92. The first-order valence-corrected chi connectivity index (χ1v) is 8.90. The Morgan fingerprint density at radius 3 is 3.00 bits per heavy atom. The third-order valence-electron chi connectivity index (χ3n) is 4.29. The molecule has 1 aliphatic rings. The molecule has 140 valence electrons. The van der Waals surface area contributed by atoms with Crippen LogP contribution in [0.4, 0.5) is 0 Å². The smallest absolute Gasteiger partial charge is 0.272 e. The number of nitrogens with zero attached hydrogens (tertiary/aromatic N) is 1. The third kappa shape index (κ3) is 4.51. The quantitative estimate of drug-likeness (QED) is 0.592. The van der Waals surface area contributed by atoms with E-state index in [1.165, 1.54) is 0 Å². The SMILES string of the molecule is CC(C)NC(=O)c1n[nH]c2c1CC(CNC(=O)CCc1ccc[nH]1)OC2. The lowest BCUT2D eigenvalue weighted by Crippen LogP contribution is -2.37. The number of carbonyl (C=O) groups is 2. The minimum atomic E-state index is -0.187. The van der Waals surface area contributed by atoms with Crippen molar-refractivity contribution in [2.24, 2.45) is 0 Å². The highest BCUT2D eigenvalue weighted by Gasteiger charge is 2.27. The van der Waals surface area contributed by atoms with Crippen LogP contribution in [-0.4, -0.2) is 45.7 Å². The van der Waals surface area contributed by atoms with E-state index in [9.17, 15) is 9.59 Å². The van der Waals surface area contributed by atoms with Gasteiger partial charge in [-0.05, 0) is 32.4 Å². The lowest BCUT2D eigenvalue weighted by molar-refractivity contribution is -0.121. The van der Waals surface area contributed by atoms with E-state index in [1.807, 2.05) is 32.2 Å². The molecule has 2 aromatic rings. The van der Waals surface area contributed by atoms with Crippen molar-refractivity contribution in [2.45, 2.75) is 51.9 Å². The van der Waals surface area contributed by atoms with Crippen molar-refractivity contribution < 1.29 is 14.3 Å². The average Bonchev–Trinajstić information content (AvgIpc) is 3.26. The van der Waals surface area contributed by atoms with E-state index in [4.69, 9.17) is 4.74 Å². The van der Waals surface area contributed by atoms with Crippen LogP contribution in [-0.2, 0) is 29.0 Å². The summed E-state index contributed by atoms with van der Waals surface area (Å²) in [5.41, 5.74) is 3.16. The molecule has 0 saturated heterocycles. The number of fused-ring (bicyclic) bond motifs is 1. The summed E-state index contributed by atoms with van der Waals surface area (Å²) >= 11 is 0. The molecular weight excluding hydrogens is 334 g/mol. The molecule has 1 aliphatic heterocycles. The molecule has 0 radical (unpaired) electrons. The van der Waals surface area contributed by atoms with Gasteiger partial charge >= 0.3 is 0 Å². The normalized spacial score (nSPS) is 16.3. The number of aromatic nitrogens is 3. The van der Waals surface area contributed by atoms with E-state index in [0.29, 0.717) is 38.1 Å². The molecule has 8 nitrogen and oxygen atoms in total. The largest absolute Gasteiger partial charge is 0.370 e. The van der Waals surface area contributed by atoms with Gasteiger partial charge in [-0.15, -0.1) is 0 Å². The van der Waals surface area contributed by atoms with Gasteiger partial charge in [0.25, 0.3) is 5.91 Å². The van der Waals surface area contributed by atoms with Crippen LogP contribution in [0.2, 0.25) is 0 Å². The van der Waals surface area contributed by atoms with Crippen LogP contribution in [0.25, 0.3) is 0 Å². The highest BCUT2D eigenvalue weighted by molar-refractivity contribution is 5.94. The summed E-state index contributed by atoms with van der Waals surface area (Å²) in [5, 5.41) is 12.8. The Morgan fingerprint density at radius 2 is 2.27 bits per heavy atom. The number of nitrogens with one attached hydrogen (secondary N) is 4. The molecule has 2 amide bonds. The second kappa shape index (κ2) is 8.18. The van der Waals surface area contributed by atoms with E-state index in [1.54, 1.807) is 0 Å². The molecule has 0 aliphatic carbocycles. The minimum Gasteiger partial charge on any atom is -0.370 e. The Labute approximate surface area is 152 Å². The van der Waals surface area contributed by atoms with Crippen LogP contribution in [0, 0.1) is 0 Å². The maximum atomic E-state index is 12.3. The van der Waals surface area contributed by atoms with E-state index in [-0.39, 0.29) is 24.0 Å². The Kier molecular flexibility index (Phi) is 5.72. The maximum absolute atomic E-state index is 12.3. The molecule has 26 heavy (non-hydrogen) atoms. The van der Waals surface area contributed by atoms with Crippen molar-refractivity contribution in [3.63, 3.8) is 0 Å². The summed E-state index contributed by atoms with van der Waals surface area (Å²) < 4.78 is 5.76. The van der Waals surface area contributed by atoms with Crippen molar-refractivity contribution in [1.82, 2.24) is 25.8 Å². The molecule has 3 rings (SSSR count). The van der Waals surface area contributed by atoms with Gasteiger partial charge in [-0.1, -0.05) is 0 Å². The van der Waals surface area contributed by atoms with Gasteiger partial charge in [-0.3, -0.25) is 14.7 Å². The fourth-order valence-corrected chi connectivity index (χ4v) is 2.97. The monoisotopic (exact) mass is 359 g/mol. The fourth-order valence-electron chi connectivity index (χ4n) is 2.97. The van der Waals surface area contributed by atoms with Crippen molar-refractivity contribution in [1.29, 1.82) is 0 Å². The van der Waals surface area contributed by atoms with Gasteiger partial charge < -0.3 is 20.4 Å². The summed E-state index contributed by atoms with van der Waals surface area (Å²) in [6.45, 7) is 4.59. The molecule has 1 atom stereocenters. The summed E-state index contributed by atoms with van der Waals surface area (Å²) in [7, 11) is 0. The molecule has 0 aromatic carbocycles. The number of amides is 2. The van der Waals surface area contributed by atoms with Crippen molar-refractivity contribution in [2.75, 3.05) is 6.54 Å². The molecule has 0 spiro atoms. The molecule has 0 fully saturated rings. The summed E-state index contributed by atoms with van der Waals surface area (Å²) in [4.78, 5) is 27.3. The summed E-state index contributed by atoms with van der Waals surface area (Å²) in [5.74, 6) is -0.202. The number of ether oxygens (including phenoxy) is 1. The van der Waals surface area contributed by atoms with Crippen molar-refractivity contribution >= 4 is 11.8 Å². The van der Waals surface area contributed by atoms with E-state index >= 15 is 0 Å². The molecule has 4 N–H and O–H groups in total. The Morgan fingerprint density at radius 1 is 1.42 bits per heavy atom. The van der Waals surface area contributed by atoms with E-state index in [0.717, 1.165) is 17.0 Å². The average molecular weight is 359 g/mol. The number of carbonyl (C=O) groups excluding carboxylic acids is 2. The van der Waals surface area contributed by atoms with E-state index < -0.39 is 0 Å². The second-order valence-electron chi connectivity index (χ2n) is 6.79. The second-order valence-corrected chi connectivity index (χ2v) is 6.79. The molecule has 0 bridgehead atoms. The van der Waals surface area contributed by atoms with Gasteiger partial charge in [0.1, 0.15) is 0 Å². The first-order valence-electron chi connectivity index (χ1n) is 8.90. The van der Waals surface area contributed by atoms with E-state index in [2.05, 4.69) is 25.8 Å². The lowest BCUT2D eigenvalue weighted by atomic mass is 10.0. The first-order chi connectivity index (χ1) is 12.5. The van der Waals surface area contributed by atoms with Gasteiger partial charge in [0.05, 0.1) is 18.4 Å². The predicted molar refractivity (Wildman–Crippen MR) is 95.6 cm³/mol. The predicted octanol–water partition coefficient (Wildman–Crippen LogP) is 1.07. The number of hydrogen-bond donors (Lipinski definition) is 4. The standard InChI is InChI=1S/C18H25N5O3/c1-11(2)21-18(25)17-14-8-13(26-10-15(14)22-23-17)9-20-16(24)6-5-12-4-3-7-19-12/h3-4,7,11,13,19H,5-6,8-10H2,1-2H3,(H,20,24)(H,21,25)(H,22,23). The van der Waals surface area contributed by atoms with Crippen LogP contribution in [0.3, 0.4) is 0 Å². The molecule has 3 heterocycles. The zero-order valence-corrected chi connectivity index (χ0v) is 15.1. The molecule has 0 saturated carbocycles. The number of rotatable bonds is 7. The Balaban J connectivity index is 1.50. The van der Waals surface area contributed by atoms with Crippen LogP contribution in [0.5, 0.6) is 0 Å². The van der Waals surface area contributed by atoms with Gasteiger partial charge in [-0.2, -0.15) is 5.10 Å². The number of aryl methyl sites for hydroxylation is 1. The van der Waals surface area contributed by atoms with Crippen LogP contribution < -0.4 is 10.6 Å². The maximum Gasteiger partial charge on any atom is 0.272 e. The van der Waals surface area contributed by atoms with Crippen LogP contribution in [0.1, 0.15) is 47.7 Å². The fraction of sp³-hybridized carbons (Fsp3) is 0.500. The number of hydrogen-bond acceptors (Lipinski definition) is 4. The number of H-pyrrole nitrogens is 2. The van der Waals surface area contributed by atoms with Gasteiger partial charge in [-0.25, -0.2) is 0 Å². The van der Waals surface area contributed by atoms with Gasteiger partial charge in [0.15, 0.2) is 5.69 Å². The van der Waals surface area contributed by atoms with Gasteiger partial charge in [0, 0.05) is 42.9 Å². The summed E-state index contributed by atoms with van der Waals surface area (Å²) in [6.07, 6.45) is 3.32. The molecular formula is C18H25N5O3. The van der Waals surface area contributed by atoms with Crippen molar-refractivity contribution in [3.8, 4) is 0 Å². The molecule has 8 heteroatoms. The molecule has 1 unspecified atom stereocenters. The molecule has 2 aromatic heterocycles. The topological polar surface area (TPSA) is 112 Å². The Bertz CT molecular complexity index is 751. The highest BCUT2D eigenvalue weighted by atomic mass is 16.5. The number of aromatic amines is 2. The van der Waals surface area contributed by atoms with Crippen LogP contribution in [0.15, 0.2) is 18.3 Å². The zero-order chi connectivity index (χ0) is 18.5.